The van der Waals surface area contributed by atoms with Crippen LogP contribution in [0.15, 0.2) is 30.4 Å². The summed E-state index contributed by atoms with van der Waals surface area (Å²) in [4.78, 5) is 0. The minimum absolute atomic E-state index is 0.144. The molecule has 0 radical (unpaired) electrons. The molecule has 0 aliphatic rings. The number of allylic oxidation sites excluding steroid dienone is 1. The normalized spacial score (nSPS) is 10.7. The van der Waals surface area contributed by atoms with E-state index in [4.69, 9.17) is 11.6 Å². The number of halogens is 2. The Balaban J connectivity index is 2.71. The molecule has 0 heterocycles. The second kappa shape index (κ2) is 4.87. The first-order chi connectivity index (χ1) is 6.25. The number of anilines is 1. The number of hydrogen-bond acceptors (Lipinski definition) is 1. The smallest absolute Gasteiger partial charge is 0.164 e. The van der Waals surface area contributed by atoms with Crippen molar-refractivity contribution in [2.75, 3.05) is 11.9 Å². The van der Waals surface area contributed by atoms with Crippen LogP contribution in [-0.2, 0) is 0 Å². The van der Waals surface area contributed by atoms with Gasteiger partial charge in [0.2, 0.25) is 0 Å². The molecule has 3 heteroatoms. The maximum atomic E-state index is 13.2. The molecule has 0 bridgehead atoms. The summed E-state index contributed by atoms with van der Waals surface area (Å²) in [5.41, 5.74) is 0.436. The van der Waals surface area contributed by atoms with Crippen LogP contribution >= 0.6 is 11.6 Å². The highest BCUT2D eigenvalue weighted by atomic mass is 35.5. The molecule has 0 atom stereocenters. The van der Waals surface area contributed by atoms with Gasteiger partial charge < -0.3 is 5.32 Å². The Hall–Kier alpha value is -1.02. The summed E-state index contributed by atoms with van der Waals surface area (Å²) >= 11 is 5.59. The van der Waals surface area contributed by atoms with Crippen molar-refractivity contribution in [3.63, 3.8) is 0 Å². The van der Waals surface area contributed by atoms with E-state index in [2.05, 4.69) is 5.32 Å². The topological polar surface area (TPSA) is 12.0 Å². The van der Waals surface area contributed by atoms with Crippen molar-refractivity contribution in [1.29, 1.82) is 0 Å². The van der Waals surface area contributed by atoms with Crippen molar-refractivity contribution in [3.8, 4) is 0 Å². The summed E-state index contributed by atoms with van der Waals surface area (Å²) in [6, 6.07) is 4.89. The second-order valence-electron chi connectivity index (χ2n) is 2.55. The van der Waals surface area contributed by atoms with E-state index in [1.807, 2.05) is 19.1 Å². The zero-order valence-electron chi connectivity index (χ0n) is 7.35. The molecular formula is C10H11ClFN. The SMILES string of the molecule is C/C=C/CNc1cccc(Cl)c1F. The van der Waals surface area contributed by atoms with Gasteiger partial charge in [-0.05, 0) is 19.1 Å². The summed E-state index contributed by atoms with van der Waals surface area (Å²) in [6.45, 7) is 2.52. The molecule has 0 fully saturated rings. The maximum absolute atomic E-state index is 13.2. The Morgan fingerprint density at radius 3 is 3.00 bits per heavy atom. The average Bonchev–Trinajstić information content (AvgIpc) is 2.13. The van der Waals surface area contributed by atoms with Crippen LogP contribution in [0.1, 0.15) is 6.92 Å². The third-order valence-electron chi connectivity index (χ3n) is 1.60. The van der Waals surface area contributed by atoms with Crippen LogP contribution in [0.2, 0.25) is 5.02 Å². The molecule has 1 rings (SSSR count). The van der Waals surface area contributed by atoms with Crippen LogP contribution in [0.3, 0.4) is 0 Å². The van der Waals surface area contributed by atoms with Gasteiger partial charge in [-0.15, -0.1) is 0 Å². The zero-order chi connectivity index (χ0) is 9.68. The Morgan fingerprint density at radius 2 is 2.31 bits per heavy atom. The fraction of sp³-hybridized carbons (Fsp3) is 0.200. The monoisotopic (exact) mass is 199 g/mol. The number of hydrogen-bond donors (Lipinski definition) is 1. The molecular weight excluding hydrogens is 189 g/mol. The minimum atomic E-state index is -0.395. The lowest BCUT2D eigenvalue weighted by Gasteiger charge is -2.05. The first kappa shape index (κ1) is 10.1. The molecule has 1 N–H and O–H groups in total. The van der Waals surface area contributed by atoms with Gasteiger partial charge in [-0.2, -0.15) is 0 Å². The Labute approximate surface area is 82.2 Å². The van der Waals surface area contributed by atoms with E-state index in [9.17, 15) is 4.39 Å². The number of nitrogens with one attached hydrogen (secondary N) is 1. The third kappa shape index (κ3) is 2.74. The van der Waals surface area contributed by atoms with Crippen molar-refractivity contribution in [2.24, 2.45) is 0 Å². The molecule has 0 aliphatic carbocycles. The average molecular weight is 200 g/mol. The Kier molecular flexibility index (Phi) is 3.77. The highest BCUT2D eigenvalue weighted by molar-refractivity contribution is 6.31. The van der Waals surface area contributed by atoms with E-state index in [-0.39, 0.29) is 5.02 Å². The summed E-state index contributed by atoms with van der Waals surface area (Å²) in [7, 11) is 0. The molecule has 0 saturated carbocycles. The number of benzene rings is 1. The lowest BCUT2D eigenvalue weighted by Crippen LogP contribution is -2.00. The van der Waals surface area contributed by atoms with Gasteiger partial charge in [0.05, 0.1) is 10.7 Å². The van der Waals surface area contributed by atoms with Gasteiger partial charge in [0.25, 0.3) is 0 Å². The van der Waals surface area contributed by atoms with Crippen LogP contribution in [0.25, 0.3) is 0 Å². The van der Waals surface area contributed by atoms with Crippen LogP contribution in [0, 0.1) is 5.82 Å². The van der Waals surface area contributed by atoms with E-state index < -0.39 is 5.82 Å². The van der Waals surface area contributed by atoms with Crippen molar-refractivity contribution in [3.05, 3.63) is 41.2 Å². The predicted octanol–water partition coefficient (Wildman–Crippen LogP) is 3.47. The zero-order valence-corrected chi connectivity index (χ0v) is 8.11. The molecule has 0 spiro atoms. The van der Waals surface area contributed by atoms with Crippen LogP contribution < -0.4 is 5.32 Å². The molecule has 70 valence electrons. The van der Waals surface area contributed by atoms with Crippen molar-refractivity contribution < 1.29 is 4.39 Å². The van der Waals surface area contributed by atoms with Gasteiger partial charge in [-0.3, -0.25) is 0 Å². The number of rotatable bonds is 3. The van der Waals surface area contributed by atoms with Gasteiger partial charge in [-0.25, -0.2) is 4.39 Å². The summed E-state index contributed by atoms with van der Waals surface area (Å²) in [6.07, 6.45) is 3.80. The van der Waals surface area contributed by atoms with Gasteiger partial charge in [0.1, 0.15) is 0 Å². The largest absolute Gasteiger partial charge is 0.379 e. The molecule has 0 aliphatic heterocycles. The van der Waals surface area contributed by atoms with E-state index in [1.54, 1.807) is 12.1 Å². The van der Waals surface area contributed by atoms with Crippen molar-refractivity contribution >= 4 is 17.3 Å². The first-order valence-electron chi connectivity index (χ1n) is 4.04. The predicted molar refractivity (Wildman–Crippen MR) is 54.7 cm³/mol. The van der Waals surface area contributed by atoms with Crippen LogP contribution in [-0.4, -0.2) is 6.54 Å². The fourth-order valence-electron chi connectivity index (χ4n) is 0.927. The second-order valence-corrected chi connectivity index (χ2v) is 2.96. The van der Waals surface area contributed by atoms with Gasteiger partial charge in [-0.1, -0.05) is 29.8 Å². The molecule has 0 unspecified atom stereocenters. The Morgan fingerprint density at radius 1 is 1.54 bits per heavy atom. The summed E-state index contributed by atoms with van der Waals surface area (Å²) in [5.74, 6) is -0.395. The molecule has 0 saturated heterocycles. The standard InChI is InChI=1S/C10H11ClFN/c1-2-3-7-13-9-6-4-5-8(11)10(9)12/h2-6,13H,7H2,1H3/b3-2+. The van der Waals surface area contributed by atoms with Crippen molar-refractivity contribution in [1.82, 2.24) is 0 Å². The highest BCUT2D eigenvalue weighted by Gasteiger charge is 2.03. The quantitative estimate of drug-likeness (QED) is 0.736. The van der Waals surface area contributed by atoms with Crippen molar-refractivity contribution in [2.45, 2.75) is 6.92 Å². The molecule has 1 aromatic rings. The van der Waals surface area contributed by atoms with Gasteiger partial charge in [0.15, 0.2) is 5.82 Å². The first-order valence-corrected chi connectivity index (χ1v) is 4.42. The molecule has 0 aromatic heterocycles. The maximum Gasteiger partial charge on any atom is 0.164 e. The van der Waals surface area contributed by atoms with Gasteiger partial charge in [0, 0.05) is 6.54 Å². The van der Waals surface area contributed by atoms with E-state index in [0.717, 1.165) is 0 Å². The van der Waals surface area contributed by atoms with E-state index in [1.165, 1.54) is 6.07 Å². The summed E-state index contributed by atoms with van der Waals surface area (Å²) < 4.78 is 13.2. The summed E-state index contributed by atoms with van der Waals surface area (Å²) in [5, 5.41) is 3.05. The van der Waals surface area contributed by atoms with E-state index >= 15 is 0 Å². The van der Waals surface area contributed by atoms with Crippen LogP contribution in [0.5, 0.6) is 0 Å². The lowest BCUT2D eigenvalue weighted by atomic mass is 10.3. The fourth-order valence-corrected chi connectivity index (χ4v) is 1.10. The molecule has 13 heavy (non-hydrogen) atoms. The molecule has 1 nitrogen and oxygen atoms in total. The van der Waals surface area contributed by atoms with Crippen LogP contribution in [0.4, 0.5) is 10.1 Å². The van der Waals surface area contributed by atoms with Gasteiger partial charge >= 0.3 is 0 Å². The minimum Gasteiger partial charge on any atom is -0.379 e. The lowest BCUT2D eigenvalue weighted by molar-refractivity contribution is 0.631. The highest BCUT2D eigenvalue weighted by Crippen LogP contribution is 2.21. The Bertz CT molecular complexity index is 310. The third-order valence-corrected chi connectivity index (χ3v) is 1.89. The molecule has 1 aromatic carbocycles. The molecule has 0 amide bonds. The van der Waals surface area contributed by atoms with E-state index in [0.29, 0.717) is 12.2 Å².